The quantitative estimate of drug-likeness (QED) is 0.117. The Balaban J connectivity index is 1.07. The zero-order valence-corrected chi connectivity index (χ0v) is 31.8. The lowest BCUT2D eigenvalue weighted by Crippen LogP contribution is -2.12. The average molecular weight is 701 g/mol. The number of anilines is 6. The van der Waals surface area contributed by atoms with Crippen molar-refractivity contribution in [1.29, 1.82) is 0 Å². The molecule has 0 aromatic heterocycles. The second-order valence-electron chi connectivity index (χ2n) is 13.8. The van der Waals surface area contributed by atoms with Gasteiger partial charge in [0.15, 0.2) is 0 Å². The summed E-state index contributed by atoms with van der Waals surface area (Å²) in [5, 5.41) is 0. The second kappa shape index (κ2) is 17.0. The molecule has 54 heavy (non-hydrogen) atoms. The molecule has 0 unspecified atom stereocenters. The van der Waals surface area contributed by atoms with Gasteiger partial charge in [-0.1, -0.05) is 152 Å². The van der Waals surface area contributed by atoms with Gasteiger partial charge in [0, 0.05) is 34.1 Å². The number of hydrogen-bond acceptors (Lipinski definition) is 2. The summed E-state index contributed by atoms with van der Waals surface area (Å²) in [6.07, 6.45) is 10.7. The van der Waals surface area contributed by atoms with E-state index in [0.29, 0.717) is 0 Å². The summed E-state index contributed by atoms with van der Waals surface area (Å²) in [6, 6.07) is 61.3. The zero-order valence-electron chi connectivity index (χ0n) is 31.8. The van der Waals surface area contributed by atoms with Crippen molar-refractivity contribution in [3.8, 4) is 0 Å². The average Bonchev–Trinajstić information content (AvgIpc) is 3.22. The van der Waals surface area contributed by atoms with Crippen LogP contribution in [0.5, 0.6) is 0 Å². The van der Waals surface area contributed by atoms with E-state index in [2.05, 4.69) is 232 Å². The monoisotopic (exact) mass is 700 g/mol. The zero-order chi connectivity index (χ0) is 37.3. The van der Waals surface area contributed by atoms with Crippen LogP contribution in [0.3, 0.4) is 0 Å². The second-order valence-corrected chi connectivity index (χ2v) is 13.8. The van der Waals surface area contributed by atoms with E-state index in [4.69, 9.17) is 0 Å². The number of hydrogen-bond donors (Lipinski definition) is 0. The topological polar surface area (TPSA) is 6.48 Å². The molecular weight excluding hydrogens is 653 g/mol. The number of benzene rings is 7. The van der Waals surface area contributed by atoms with Gasteiger partial charge in [0.05, 0.1) is 0 Å². The van der Waals surface area contributed by atoms with Crippen LogP contribution in [0.4, 0.5) is 34.1 Å². The SMILES string of the molecule is CCc1ccccc1N(c1ccc(C)cc1)c1ccc(C=Cc2cccc(C=Cc3ccc(N(c4ccc(C)cc4)c4ccccc4CC)cc3)c2)cc1. The Morgan fingerprint density at radius 2 is 0.685 bits per heavy atom. The van der Waals surface area contributed by atoms with Crippen molar-refractivity contribution in [1.82, 2.24) is 0 Å². The van der Waals surface area contributed by atoms with Crippen molar-refractivity contribution in [3.63, 3.8) is 0 Å². The highest BCUT2D eigenvalue weighted by atomic mass is 15.1. The van der Waals surface area contributed by atoms with Crippen LogP contribution >= 0.6 is 0 Å². The highest BCUT2D eigenvalue weighted by Crippen LogP contribution is 2.38. The third-order valence-electron chi connectivity index (χ3n) is 9.96. The van der Waals surface area contributed by atoms with Crippen molar-refractivity contribution in [2.75, 3.05) is 9.80 Å². The van der Waals surface area contributed by atoms with E-state index < -0.39 is 0 Å². The summed E-state index contributed by atoms with van der Waals surface area (Å²) in [4.78, 5) is 4.72. The van der Waals surface area contributed by atoms with E-state index in [0.717, 1.165) is 57.8 Å². The molecule has 7 aromatic carbocycles. The molecule has 0 saturated carbocycles. The predicted octanol–water partition coefficient (Wildman–Crippen LogP) is 14.7. The van der Waals surface area contributed by atoms with Gasteiger partial charge >= 0.3 is 0 Å². The van der Waals surface area contributed by atoms with E-state index in [1.165, 1.54) is 33.6 Å². The first-order valence-electron chi connectivity index (χ1n) is 19.0. The van der Waals surface area contributed by atoms with Gasteiger partial charge in [-0.05, 0) is 127 Å². The normalized spacial score (nSPS) is 11.3. The smallest absolute Gasteiger partial charge is 0.0493 e. The molecule has 0 saturated heterocycles. The lowest BCUT2D eigenvalue weighted by molar-refractivity contribution is 1.11. The Hall–Kier alpha value is -6.38. The van der Waals surface area contributed by atoms with Crippen molar-refractivity contribution < 1.29 is 0 Å². The van der Waals surface area contributed by atoms with Gasteiger partial charge in [-0.2, -0.15) is 0 Å². The van der Waals surface area contributed by atoms with Gasteiger partial charge in [0.25, 0.3) is 0 Å². The molecule has 0 bridgehead atoms. The molecule has 0 amide bonds. The van der Waals surface area contributed by atoms with Gasteiger partial charge < -0.3 is 9.80 Å². The molecule has 0 fully saturated rings. The van der Waals surface area contributed by atoms with Crippen LogP contribution < -0.4 is 9.80 Å². The number of nitrogens with zero attached hydrogens (tertiary/aromatic N) is 2. The molecule has 0 aliphatic carbocycles. The summed E-state index contributed by atoms with van der Waals surface area (Å²) < 4.78 is 0. The minimum Gasteiger partial charge on any atom is -0.310 e. The van der Waals surface area contributed by atoms with Crippen LogP contribution in [0, 0.1) is 13.8 Å². The molecular formula is C52H48N2. The summed E-state index contributed by atoms with van der Waals surface area (Å²) >= 11 is 0. The fourth-order valence-electron chi connectivity index (χ4n) is 6.92. The third kappa shape index (κ3) is 8.46. The Morgan fingerprint density at radius 3 is 1.06 bits per heavy atom. The number of para-hydroxylation sites is 2. The minimum absolute atomic E-state index is 0.974. The molecule has 0 radical (unpaired) electrons. The number of aryl methyl sites for hydroxylation is 4. The molecule has 0 spiro atoms. The Labute approximate surface area is 322 Å². The van der Waals surface area contributed by atoms with Crippen molar-refractivity contribution >= 4 is 58.4 Å². The van der Waals surface area contributed by atoms with E-state index in [1.807, 2.05) is 0 Å². The molecule has 0 aliphatic heterocycles. The van der Waals surface area contributed by atoms with Gasteiger partial charge in [-0.3, -0.25) is 0 Å². The summed E-state index contributed by atoms with van der Waals surface area (Å²) in [5.41, 5.74) is 16.9. The maximum Gasteiger partial charge on any atom is 0.0493 e. The minimum atomic E-state index is 0.974. The maximum atomic E-state index is 2.36. The lowest BCUT2D eigenvalue weighted by Gasteiger charge is -2.27. The molecule has 7 aromatic rings. The van der Waals surface area contributed by atoms with Crippen LogP contribution in [0.1, 0.15) is 58.4 Å². The summed E-state index contributed by atoms with van der Waals surface area (Å²) in [6.45, 7) is 8.70. The first-order valence-corrected chi connectivity index (χ1v) is 19.0. The van der Waals surface area contributed by atoms with Gasteiger partial charge in [0.1, 0.15) is 0 Å². The van der Waals surface area contributed by atoms with Crippen LogP contribution in [0.25, 0.3) is 24.3 Å². The lowest BCUT2D eigenvalue weighted by atomic mass is 10.1. The van der Waals surface area contributed by atoms with Crippen LogP contribution in [0.15, 0.2) is 170 Å². The largest absolute Gasteiger partial charge is 0.310 e. The van der Waals surface area contributed by atoms with E-state index >= 15 is 0 Å². The molecule has 0 N–H and O–H groups in total. The fraction of sp³-hybridized carbons (Fsp3) is 0.115. The van der Waals surface area contributed by atoms with Gasteiger partial charge in [-0.25, -0.2) is 0 Å². The van der Waals surface area contributed by atoms with Crippen LogP contribution in [-0.4, -0.2) is 0 Å². The molecule has 7 rings (SSSR count). The van der Waals surface area contributed by atoms with Crippen LogP contribution in [-0.2, 0) is 12.8 Å². The Kier molecular flexibility index (Phi) is 11.3. The van der Waals surface area contributed by atoms with E-state index in [1.54, 1.807) is 0 Å². The molecule has 0 atom stereocenters. The molecule has 0 heterocycles. The molecule has 266 valence electrons. The standard InChI is InChI=1S/C52H48N2/c1-5-45-14-7-9-16-51(45)53(47-30-18-39(3)19-31-47)49-34-26-41(27-35-49)22-24-43-12-11-13-44(38-43)25-23-42-28-36-50(37-29-42)54(48-32-20-40(4)21-33-48)52-17-10-8-15-46(52)6-2/h7-38H,5-6H2,1-4H3. The van der Waals surface area contributed by atoms with Crippen LogP contribution in [0.2, 0.25) is 0 Å². The summed E-state index contributed by atoms with van der Waals surface area (Å²) in [5.74, 6) is 0. The Bertz CT molecular complexity index is 2180. The first-order chi connectivity index (χ1) is 26.5. The van der Waals surface area contributed by atoms with E-state index in [9.17, 15) is 0 Å². The highest BCUT2D eigenvalue weighted by Gasteiger charge is 2.16. The summed E-state index contributed by atoms with van der Waals surface area (Å²) in [7, 11) is 0. The van der Waals surface area contributed by atoms with Crippen molar-refractivity contribution in [2.24, 2.45) is 0 Å². The molecule has 0 aliphatic rings. The van der Waals surface area contributed by atoms with Crippen molar-refractivity contribution in [3.05, 3.63) is 214 Å². The fourth-order valence-corrected chi connectivity index (χ4v) is 6.92. The van der Waals surface area contributed by atoms with Gasteiger partial charge in [0.2, 0.25) is 0 Å². The van der Waals surface area contributed by atoms with Crippen molar-refractivity contribution in [2.45, 2.75) is 40.5 Å². The predicted molar refractivity (Wildman–Crippen MR) is 235 cm³/mol. The molecule has 2 nitrogen and oxygen atoms in total. The number of rotatable bonds is 12. The molecule has 2 heteroatoms. The maximum absolute atomic E-state index is 2.36. The third-order valence-corrected chi connectivity index (χ3v) is 9.96. The highest BCUT2D eigenvalue weighted by molar-refractivity contribution is 5.82. The Morgan fingerprint density at radius 1 is 0.352 bits per heavy atom. The first kappa shape index (κ1) is 36.0. The van der Waals surface area contributed by atoms with E-state index in [-0.39, 0.29) is 0 Å². The van der Waals surface area contributed by atoms with Gasteiger partial charge in [-0.15, -0.1) is 0 Å².